The monoisotopic (exact) mass is 291 g/mol. The molecular formula is C16H22FN3O. The van der Waals surface area contributed by atoms with Gasteiger partial charge in [-0.15, -0.1) is 0 Å². The first-order chi connectivity index (χ1) is 9.99. The van der Waals surface area contributed by atoms with Gasteiger partial charge in [-0.25, -0.2) is 4.39 Å². The summed E-state index contributed by atoms with van der Waals surface area (Å²) in [7, 11) is 0. The van der Waals surface area contributed by atoms with Gasteiger partial charge in [-0.3, -0.25) is 4.68 Å². The van der Waals surface area contributed by atoms with Crippen molar-refractivity contribution in [2.45, 2.75) is 39.0 Å². The second kappa shape index (κ2) is 6.83. The molecule has 2 unspecified atom stereocenters. The lowest BCUT2D eigenvalue weighted by molar-refractivity contribution is 0.166. The van der Waals surface area contributed by atoms with Gasteiger partial charge in [0.25, 0.3) is 0 Å². The molecule has 2 N–H and O–H groups in total. The van der Waals surface area contributed by atoms with Crippen LogP contribution in [0.1, 0.15) is 50.1 Å². The van der Waals surface area contributed by atoms with Crippen LogP contribution >= 0.6 is 0 Å². The average molecular weight is 291 g/mol. The predicted molar refractivity (Wildman–Crippen MR) is 80.4 cm³/mol. The zero-order valence-corrected chi connectivity index (χ0v) is 12.6. The van der Waals surface area contributed by atoms with Crippen LogP contribution in [0.3, 0.4) is 0 Å². The Hall–Kier alpha value is -1.72. The highest BCUT2D eigenvalue weighted by molar-refractivity contribution is 5.20. The molecule has 4 nitrogen and oxygen atoms in total. The van der Waals surface area contributed by atoms with Crippen LogP contribution in [-0.4, -0.2) is 21.4 Å². The van der Waals surface area contributed by atoms with Crippen molar-refractivity contribution < 1.29 is 9.50 Å². The van der Waals surface area contributed by atoms with Crippen molar-refractivity contribution in [3.05, 3.63) is 53.6 Å². The van der Waals surface area contributed by atoms with Crippen LogP contribution in [0, 0.1) is 5.82 Å². The third-order valence-corrected chi connectivity index (χ3v) is 3.53. The molecular weight excluding hydrogens is 269 g/mol. The fraction of sp³-hybridized carbons (Fsp3) is 0.438. The van der Waals surface area contributed by atoms with Crippen LogP contribution in [0.5, 0.6) is 0 Å². The van der Waals surface area contributed by atoms with E-state index < -0.39 is 6.10 Å². The summed E-state index contributed by atoms with van der Waals surface area (Å²) in [6, 6.07) is 6.64. The van der Waals surface area contributed by atoms with E-state index in [-0.39, 0.29) is 18.4 Å². The van der Waals surface area contributed by atoms with Gasteiger partial charge in [0.1, 0.15) is 5.82 Å². The molecule has 1 heterocycles. The standard InChI is InChI=1S/C16H22FN3O/c1-11(2)20-10-13(8-19-20)12(3)18-9-16(21)14-6-4-5-7-15(14)17/h4-8,10-12,16,18,21H,9H2,1-3H3. The largest absolute Gasteiger partial charge is 0.387 e. The first-order valence-corrected chi connectivity index (χ1v) is 7.19. The number of aliphatic hydroxyl groups is 1. The van der Waals surface area contributed by atoms with Crippen molar-refractivity contribution in [3.8, 4) is 0 Å². The van der Waals surface area contributed by atoms with Gasteiger partial charge in [0.2, 0.25) is 0 Å². The Morgan fingerprint density at radius 1 is 1.29 bits per heavy atom. The Morgan fingerprint density at radius 2 is 2.00 bits per heavy atom. The molecule has 0 amide bonds. The lowest BCUT2D eigenvalue weighted by atomic mass is 10.1. The van der Waals surface area contributed by atoms with Gasteiger partial charge in [-0.05, 0) is 26.8 Å². The summed E-state index contributed by atoms with van der Waals surface area (Å²) in [6.45, 7) is 6.42. The molecule has 0 radical (unpaired) electrons. The van der Waals surface area contributed by atoms with Crippen LogP contribution in [0.4, 0.5) is 4.39 Å². The van der Waals surface area contributed by atoms with E-state index in [1.807, 2.05) is 24.0 Å². The molecule has 2 aromatic rings. The van der Waals surface area contributed by atoms with E-state index in [4.69, 9.17) is 0 Å². The number of hydrogen-bond donors (Lipinski definition) is 2. The molecule has 2 atom stereocenters. The van der Waals surface area contributed by atoms with Gasteiger partial charge in [0.15, 0.2) is 0 Å². The third-order valence-electron chi connectivity index (χ3n) is 3.53. The molecule has 0 saturated carbocycles. The Labute approximate surface area is 124 Å². The number of nitrogens with one attached hydrogen (secondary N) is 1. The molecule has 0 spiro atoms. The van der Waals surface area contributed by atoms with Gasteiger partial charge in [-0.2, -0.15) is 5.10 Å². The average Bonchev–Trinajstić information content (AvgIpc) is 2.95. The number of nitrogens with zero attached hydrogens (tertiary/aromatic N) is 2. The maximum atomic E-state index is 13.6. The van der Waals surface area contributed by atoms with E-state index in [9.17, 15) is 9.50 Å². The highest BCUT2D eigenvalue weighted by atomic mass is 19.1. The molecule has 114 valence electrons. The van der Waals surface area contributed by atoms with Crippen LogP contribution in [0.15, 0.2) is 36.7 Å². The molecule has 0 saturated heterocycles. The SMILES string of the molecule is CC(NCC(O)c1ccccc1F)c1cnn(C(C)C)c1. The van der Waals surface area contributed by atoms with Crippen LogP contribution in [0.25, 0.3) is 0 Å². The highest BCUT2D eigenvalue weighted by Crippen LogP contribution is 2.18. The van der Waals surface area contributed by atoms with Gasteiger partial charge in [0.05, 0.1) is 12.3 Å². The van der Waals surface area contributed by atoms with Crippen molar-refractivity contribution in [3.63, 3.8) is 0 Å². The van der Waals surface area contributed by atoms with Gasteiger partial charge >= 0.3 is 0 Å². The summed E-state index contributed by atoms with van der Waals surface area (Å²) in [6.07, 6.45) is 2.93. The van der Waals surface area contributed by atoms with Crippen molar-refractivity contribution in [1.29, 1.82) is 0 Å². The minimum Gasteiger partial charge on any atom is -0.387 e. The fourth-order valence-corrected chi connectivity index (χ4v) is 2.12. The third kappa shape index (κ3) is 3.89. The van der Waals surface area contributed by atoms with E-state index in [1.54, 1.807) is 18.2 Å². The van der Waals surface area contributed by atoms with Gasteiger partial charge in [0, 0.05) is 36.0 Å². The van der Waals surface area contributed by atoms with Gasteiger partial charge < -0.3 is 10.4 Å². The lowest BCUT2D eigenvalue weighted by Crippen LogP contribution is -2.25. The second-order valence-electron chi connectivity index (χ2n) is 5.51. The number of aromatic nitrogens is 2. The lowest BCUT2D eigenvalue weighted by Gasteiger charge is -2.17. The number of benzene rings is 1. The van der Waals surface area contributed by atoms with Crippen LogP contribution in [-0.2, 0) is 0 Å². The molecule has 0 aliphatic rings. The van der Waals surface area contributed by atoms with Crippen LogP contribution < -0.4 is 5.32 Å². The minimum atomic E-state index is -0.867. The fourth-order valence-electron chi connectivity index (χ4n) is 2.12. The van der Waals surface area contributed by atoms with E-state index >= 15 is 0 Å². The number of hydrogen-bond acceptors (Lipinski definition) is 3. The Bertz CT molecular complexity index is 582. The zero-order chi connectivity index (χ0) is 15.4. The number of aliphatic hydroxyl groups excluding tert-OH is 1. The van der Waals surface area contributed by atoms with Crippen molar-refractivity contribution in [2.75, 3.05) is 6.54 Å². The molecule has 0 aliphatic carbocycles. The van der Waals surface area contributed by atoms with Gasteiger partial charge in [-0.1, -0.05) is 18.2 Å². The van der Waals surface area contributed by atoms with E-state index in [2.05, 4.69) is 24.3 Å². The Kier molecular flexibility index (Phi) is 5.09. The molecule has 5 heteroatoms. The van der Waals surface area contributed by atoms with Crippen molar-refractivity contribution in [1.82, 2.24) is 15.1 Å². The molecule has 1 aromatic carbocycles. The summed E-state index contributed by atoms with van der Waals surface area (Å²) in [4.78, 5) is 0. The van der Waals surface area contributed by atoms with Crippen molar-refractivity contribution in [2.24, 2.45) is 0 Å². The number of halogens is 1. The van der Waals surface area contributed by atoms with Crippen LogP contribution in [0.2, 0.25) is 0 Å². The topological polar surface area (TPSA) is 50.1 Å². The molecule has 0 bridgehead atoms. The maximum absolute atomic E-state index is 13.6. The summed E-state index contributed by atoms with van der Waals surface area (Å²) in [5.41, 5.74) is 1.36. The molecule has 2 rings (SSSR count). The normalized spacial score (nSPS) is 14.4. The Morgan fingerprint density at radius 3 is 2.62 bits per heavy atom. The molecule has 0 fully saturated rings. The first kappa shape index (κ1) is 15.7. The molecule has 21 heavy (non-hydrogen) atoms. The number of rotatable bonds is 6. The predicted octanol–water partition coefficient (Wildman–Crippen LogP) is 2.99. The second-order valence-corrected chi connectivity index (χ2v) is 5.51. The summed E-state index contributed by atoms with van der Waals surface area (Å²) < 4.78 is 15.5. The van der Waals surface area contributed by atoms with Crippen molar-refractivity contribution >= 4 is 0 Å². The highest BCUT2D eigenvalue weighted by Gasteiger charge is 2.15. The molecule has 1 aromatic heterocycles. The quantitative estimate of drug-likeness (QED) is 0.860. The smallest absolute Gasteiger partial charge is 0.129 e. The summed E-state index contributed by atoms with van der Waals surface area (Å²) in [5.74, 6) is -0.382. The molecule has 0 aliphatic heterocycles. The maximum Gasteiger partial charge on any atom is 0.129 e. The van der Waals surface area contributed by atoms with E-state index in [1.165, 1.54) is 6.07 Å². The van der Waals surface area contributed by atoms with E-state index in [0.29, 0.717) is 11.6 Å². The Balaban J connectivity index is 1.94. The first-order valence-electron chi connectivity index (χ1n) is 7.19. The summed E-state index contributed by atoms with van der Waals surface area (Å²) >= 11 is 0. The summed E-state index contributed by atoms with van der Waals surface area (Å²) in [5, 5.41) is 17.6. The zero-order valence-electron chi connectivity index (χ0n) is 12.6. The van der Waals surface area contributed by atoms with E-state index in [0.717, 1.165) is 5.56 Å². The minimum absolute atomic E-state index is 0.0407.